The number of imidazole rings is 1. The average molecular weight is 260 g/mol. The number of carbonyl (C=O) groups is 1. The molecule has 0 bridgehead atoms. The van der Waals surface area contributed by atoms with Crippen LogP contribution in [0.2, 0.25) is 0 Å². The van der Waals surface area contributed by atoms with Crippen LogP contribution in [0, 0.1) is 0 Å². The van der Waals surface area contributed by atoms with Gasteiger partial charge in [-0.25, -0.2) is 4.98 Å². The number of aromatic nitrogens is 2. The highest BCUT2D eigenvalue weighted by atomic mass is 16.5. The first kappa shape index (κ1) is 12.9. The number of amides is 1. The Bertz CT molecular complexity index is 552. The van der Waals surface area contributed by atoms with E-state index in [-0.39, 0.29) is 5.91 Å². The number of H-pyrrole nitrogens is 1. The minimum Gasteiger partial charge on any atom is -0.496 e. The van der Waals surface area contributed by atoms with Gasteiger partial charge in [-0.05, 0) is 18.2 Å². The molecule has 1 aromatic heterocycles. The summed E-state index contributed by atoms with van der Waals surface area (Å²) < 4.78 is 5.14. The first-order chi connectivity index (χ1) is 9.20. The molecule has 0 saturated heterocycles. The summed E-state index contributed by atoms with van der Waals surface area (Å²) in [6, 6.07) is 4.98. The topological polar surface area (TPSA) is 93.0 Å². The van der Waals surface area contributed by atoms with E-state index < -0.39 is 0 Å². The number of ether oxygens (including phenoxy) is 1. The zero-order valence-corrected chi connectivity index (χ0v) is 10.6. The molecule has 1 heterocycles. The van der Waals surface area contributed by atoms with Gasteiger partial charge in [0.2, 0.25) is 0 Å². The van der Waals surface area contributed by atoms with E-state index in [9.17, 15) is 4.79 Å². The molecule has 1 amide bonds. The van der Waals surface area contributed by atoms with E-state index in [1.807, 2.05) is 0 Å². The van der Waals surface area contributed by atoms with Crippen LogP contribution >= 0.6 is 0 Å². The first-order valence-electron chi connectivity index (χ1n) is 5.89. The SMILES string of the molecule is COc1ccc(N)cc1C(=O)NCCc1cnc[nH]1. The van der Waals surface area contributed by atoms with Crippen LogP contribution in [0.25, 0.3) is 0 Å². The normalized spacial score (nSPS) is 10.2. The van der Waals surface area contributed by atoms with Gasteiger partial charge >= 0.3 is 0 Å². The van der Waals surface area contributed by atoms with Crippen molar-refractivity contribution in [1.29, 1.82) is 0 Å². The Morgan fingerprint density at radius 3 is 3.05 bits per heavy atom. The van der Waals surface area contributed by atoms with Gasteiger partial charge in [-0.15, -0.1) is 0 Å². The van der Waals surface area contributed by atoms with Crippen molar-refractivity contribution in [2.45, 2.75) is 6.42 Å². The number of nitrogens with two attached hydrogens (primary N) is 1. The zero-order chi connectivity index (χ0) is 13.7. The molecule has 0 aliphatic heterocycles. The molecule has 2 aromatic rings. The average Bonchev–Trinajstić information content (AvgIpc) is 2.91. The lowest BCUT2D eigenvalue weighted by Crippen LogP contribution is -2.26. The van der Waals surface area contributed by atoms with Gasteiger partial charge in [0.1, 0.15) is 5.75 Å². The Balaban J connectivity index is 1.97. The summed E-state index contributed by atoms with van der Waals surface area (Å²) in [6.45, 7) is 0.513. The van der Waals surface area contributed by atoms with Crippen molar-refractivity contribution < 1.29 is 9.53 Å². The molecule has 100 valence electrons. The number of nitrogen functional groups attached to an aromatic ring is 1. The number of carbonyl (C=O) groups excluding carboxylic acids is 1. The second kappa shape index (κ2) is 5.90. The Morgan fingerprint density at radius 1 is 1.53 bits per heavy atom. The second-order valence-electron chi connectivity index (χ2n) is 4.04. The van der Waals surface area contributed by atoms with E-state index >= 15 is 0 Å². The molecule has 6 nitrogen and oxygen atoms in total. The number of methoxy groups -OCH3 is 1. The van der Waals surface area contributed by atoms with Crippen LogP contribution in [-0.2, 0) is 6.42 Å². The second-order valence-corrected chi connectivity index (χ2v) is 4.04. The fourth-order valence-corrected chi connectivity index (χ4v) is 1.73. The number of hydrogen-bond acceptors (Lipinski definition) is 4. The molecule has 19 heavy (non-hydrogen) atoms. The maximum Gasteiger partial charge on any atom is 0.255 e. The highest BCUT2D eigenvalue weighted by Crippen LogP contribution is 2.20. The van der Waals surface area contributed by atoms with E-state index in [0.717, 1.165) is 5.69 Å². The van der Waals surface area contributed by atoms with Gasteiger partial charge in [-0.1, -0.05) is 0 Å². The number of anilines is 1. The van der Waals surface area contributed by atoms with Crippen LogP contribution in [0.5, 0.6) is 5.75 Å². The molecule has 0 fully saturated rings. The summed E-state index contributed by atoms with van der Waals surface area (Å²) in [4.78, 5) is 18.9. The number of rotatable bonds is 5. The number of hydrogen-bond donors (Lipinski definition) is 3. The van der Waals surface area contributed by atoms with Crippen LogP contribution < -0.4 is 15.8 Å². The zero-order valence-electron chi connectivity index (χ0n) is 10.6. The smallest absolute Gasteiger partial charge is 0.255 e. The minimum atomic E-state index is -0.205. The monoisotopic (exact) mass is 260 g/mol. The van der Waals surface area contributed by atoms with E-state index in [4.69, 9.17) is 10.5 Å². The van der Waals surface area contributed by atoms with Crippen molar-refractivity contribution in [2.24, 2.45) is 0 Å². The van der Waals surface area contributed by atoms with Crippen LogP contribution in [0.4, 0.5) is 5.69 Å². The molecule has 0 aliphatic carbocycles. The van der Waals surface area contributed by atoms with Crippen LogP contribution in [0.1, 0.15) is 16.1 Å². The molecule has 0 atom stereocenters. The van der Waals surface area contributed by atoms with Crippen LogP contribution in [0.15, 0.2) is 30.7 Å². The van der Waals surface area contributed by atoms with Crippen LogP contribution in [-0.4, -0.2) is 29.5 Å². The third-order valence-electron chi connectivity index (χ3n) is 2.70. The highest BCUT2D eigenvalue weighted by molar-refractivity contribution is 5.97. The third-order valence-corrected chi connectivity index (χ3v) is 2.70. The molecule has 0 aliphatic rings. The maximum atomic E-state index is 12.0. The van der Waals surface area contributed by atoms with Crippen molar-refractivity contribution in [3.63, 3.8) is 0 Å². The van der Waals surface area contributed by atoms with Gasteiger partial charge in [-0.3, -0.25) is 4.79 Å². The lowest BCUT2D eigenvalue weighted by molar-refractivity contribution is 0.0951. The van der Waals surface area contributed by atoms with Crippen molar-refractivity contribution in [2.75, 3.05) is 19.4 Å². The predicted molar refractivity (Wildman–Crippen MR) is 72.0 cm³/mol. The molecule has 1 aromatic carbocycles. The van der Waals surface area contributed by atoms with Gasteiger partial charge in [0.25, 0.3) is 5.91 Å². The standard InChI is InChI=1S/C13H16N4O2/c1-19-12-3-2-9(14)6-11(12)13(18)16-5-4-10-7-15-8-17-10/h2-3,6-8H,4-5,14H2,1H3,(H,15,17)(H,16,18). The Morgan fingerprint density at radius 2 is 2.37 bits per heavy atom. The number of nitrogens with one attached hydrogen (secondary N) is 2. The molecule has 0 spiro atoms. The summed E-state index contributed by atoms with van der Waals surface area (Å²) in [7, 11) is 1.52. The fraction of sp³-hybridized carbons (Fsp3) is 0.231. The molecular formula is C13H16N4O2. The predicted octanol–water partition coefficient (Wildman–Crippen LogP) is 0.973. The minimum absolute atomic E-state index is 0.205. The Labute approximate surface area is 111 Å². The highest BCUT2D eigenvalue weighted by Gasteiger charge is 2.12. The van der Waals surface area contributed by atoms with Crippen molar-refractivity contribution >= 4 is 11.6 Å². The molecular weight excluding hydrogens is 244 g/mol. The summed E-state index contributed by atoms with van der Waals surface area (Å²) in [5.74, 6) is 0.303. The molecule has 0 unspecified atom stereocenters. The summed E-state index contributed by atoms with van der Waals surface area (Å²) >= 11 is 0. The van der Waals surface area contributed by atoms with Gasteiger partial charge in [0.15, 0.2) is 0 Å². The number of benzene rings is 1. The molecule has 0 saturated carbocycles. The molecule has 2 rings (SSSR count). The summed E-state index contributed by atoms with van der Waals surface area (Å²) in [6.07, 6.45) is 4.03. The summed E-state index contributed by atoms with van der Waals surface area (Å²) in [5, 5.41) is 2.82. The van der Waals surface area contributed by atoms with Crippen molar-refractivity contribution in [1.82, 2.24) is 15.3 Å². The van der Waals surface area contributed by atoms with Gasteiger partial charge in [0, 0.05) is 30.5 Å². The molecule has 0 radical (unpaired) electrons. The molecule has 4 N–H and O–H groups in total. The number of aromatic amines is 1. The van der Waals surface area contributed by atoms with Crippen molar-refractivity contribution in [3.8, 4) is 5.75 Å². The Kier molecular flexibility index (Phi) is 4.02. The largest absolute Gasteiger partial charge is 0.496 e. The summed E-state index contributed by atoms with van der Waals surface area (Å²) in [5.41, 5.74) is 7.61. The maximum absolute atomic E-state index is 12.0. The third kappa shape index (κ3) is 3.25. The Hall–Kier alpha value is -2.50. The van der Waals surface area contributed by atoms with Gasteiger partial charge < -0.3 is 20.8 Å². The van der Waals surface area contributed by atoms with E-state index in [1.54, 1.807) is 30.7 Å². The fourth-order valence-electron chi connectivity index (χ4n) is 1.73. The first-order valence-corrected chi connectivity index (χ1v) is 5.89. The van der Waals surface area contributed by atoms with E-state index in [0.29, 0.717) is 30.0 Å². The quantitative estimate of drug-likeness (QED) is 0.698. The lowest BCUT2D eigenvalue weighted by Gasteiger charge is -2.09. The molecule has 6 heteroatoms. The lowest BCUT2D eigenvalue weighted by atomic mass is 10.1. The van der Waals surface area contributed by atoms with E-state index in [2.05, 4.69) is 15.3 Å². The van der Waals surface area contributed by atoms with Gasteiger partial charge in [0.05, 0.1) is 19.0 Å². The van der Waals surface area contributed by atoms with Gasteiger partial charge in [-0.2, -0.15) is 0 Å². The van der Waals surface area contributed by atoms with E-state index in [1.165, 1.54) is 7.11 Å². The number of nitrogens with zero attached hydrogens (tertiary/aromatic N) is 1. The van der Waals surface area contributed by atoms with Crippen molar-refractivity contribution in [3.05, 3.63) is 42.0 Å². The van der Waals surface area contributed by atoms with Crippen LogP contribution in [0.3, 0.4) is 0 Å².